The van der Waals surface area contributed by atoms with Gasteiger partial charge >= 0.3 is 0 Å². The first-order chi connectivity index (χ1) is 8.16. The van der Waals surface area contributed by atoms with Gasteiger partial charge in [-0.25, -0.2) is 4.98 Å². The van der Waals surface area contributed by atoms with E-state index >= 15 is 0 Å². The van der Waals surface area contributed by atoms with Gasteiger partial charge in [-0.1, -0.05) is 5.16 Å². The number of nitrogens with zero attached hydrogens (tertiary/aromatic N) is 2. The molecule has 5 nitrogen and oxygen atoms in total. The number of nitrogens with one attached hydrogen (secondary N) is 1. The van der Waals surface area contributed by atoms with Crippen molar-refractivity contribution in [1.29, 1.82) is 0 Å². The van der Waals surface area contributed by atoms with Crippen LogP contribution in [0, 0.1) is 13.8 Å². The van der Waals surface area contributed by atoms with E-state index in [4.69, 9.17) is 10.3 Å². The van der Waals surface area contributed by atoms with E-state index in [2.05, 4.69) is 15.5 Å². The zero-order chi connectivity index (χ0) is 12.3. The highest BCUT2D eigenvalue weighted by atomic mass is 35.5. The summed E-state index contributed by atoms with van der Waals surface area (Å²) in [5, 5.41) is 7.90. The lowest BCUT2D eigenvalue weighted by Gasteiger charge is -2.02. The standard InChI is InChI=1S/C11H16N4OS.ClH/c1-7-10(8(2)16-15-7)3-4-13-5-9-6-14-11(12)17-9;/h6,13H,3-5H2,1-2H3,(H2,12,14);1H. The van der Waals surface area contributed by atoms with Crippen LogP contribution in [-0.2, 0) is 13.0 Å². The molecule has 0 aliphatic carbocycles. The van der Waals surface area contributed by atoms with Crippen molar-refractivity contribution in [2.24, 2.45) is 0 Å². The Morgan fingerprint density at radius 2 is 2.22 bits per heavy atom. The van der Waals surface area contributed by atoms with Crippen LogP contribution in [0.15, 0.2) is 10.7 Å². The molecule has 0 spiro atoms. The van der Waals surface area contributed by atoms with Crippen molar-refractivity contribution in [1.82, 2.24) is 15.5 Å². The molecule has 0 saturated carbocycles. The van der Waals surface area contributed by atoms with Gasteiger partial charge < -0.3 is 15.6 Å². The van der Waals surface area contributed by atoms with E-state index in [0.29, 0.717) is 5.13 Å². The number of aromatic nitrogens is 2. The van der Waals surface area contributed by atoms with Gasteiger partial charge in [-0.15, -0.1) is 23.7 Å². The summed E-state index contributed by atoms with van der Waals surface area (Å²) in [6.07, 6.45) is 2.73. The number of anilines is 1. The van der Waals surface area contributed by atoms with Crippen LogP contribution < -0.4 is 11.1 Å². The molecular formula is C11H17ClN4OS. The van der Waals surface area contributed by atoms with Gasteiger partial charge in [0, 0.05) is 23.2 Å². The van der Waals surface area contributed by atoms with Crippen LogP contribution in [0.25, 0.3) is 0 Å². The van der Waals surface area contributed by atoms with Crippen LogP contribution in [0.4, 0.5) is 5.13 Å². The Bertz CT molecular complexity index is 477. The fraction of sp³-hybridized carbons (Fsp3) is 0.455. The van der Waals surface area contributed by atoms with Gasteiger partial charge in [-0.3, -0.25) is 0 Å². The lowest BCUT2D eigenvalue weighted by Crippen LogP contribution is -2.16. The Morgan fingerprint density at radius 3 is 2.78 bits per heavy atom. The third-order valence-electron chi connectivity index (χ3n) is 2.60. The molecule has 3 N–H and O–H groups in total. The van der Waals surface area contributed by atoms with Crippen molar-refractivity contribution in [2.45, 2.75) is 26.8 Å². The molecule has 0 aliphatic rings. The van der Waals surface area contributed by atoms with E-state index in [1.807, 2.05) is 20.0 Å². The molecule has 0 saturated heterocycles. The van der Waals surface area contributed by atoms with Crippen molar-refractivity contribution >= 4 is 28.9 Å². The molecule has 18 heavy (non-hydrogen) atoms. The molecule has 2 rings (SSSR count). The minimum absolute atomic E-state index is 0. The van der Waals surface area contributed by atoms with E-state index in [1.165, 1.54) is 16.9 Å². The minimum Gasteiger partial charge on any atom is -0.375 e. The fourth-order valence-electron chi connectivity index (χ4n) is 1.69. The molecule has 2 heterocycles. The molecule has 2 aromatic heterocycles. The summed E-state index contributed by atoms with van der Waals surface area (Å²) < 4.78 is 5.11. The van der Waals surface area contributed by atoms with Crippen LogP contribution in [0.5, 0.6) is 0 Å². The number of nitrogens with two attached hydrogens (primary N) is 1. The highest BCUT2D eigenvalue weighted by Gasteiger charge is 2.07. The normalized spacial score (nSPS) is 10.3. The van der Waals surface area contributed by atoms with Crippen LogP contribution in [0.1, 0.15) is 21.9 Å². The summed E-state index contributed by atoms with van der Waals surface area (Å²) in [6.45, 7) is 5.61. The monoisotopic (exact) mass is 288 g/mol. The third kappa shape index (κ3) is 3.69. The molecule has 2 aromatic rings. The number of hydrogen-bond acceptors (Lipinski definition) is 6. The molecule has 0 aromatic carbocycles. The SMILES string of the molecule is Cc1noc(C)c1CCNCc1cnc(N)s1.Cl. The third-order valence-corrected chi connectivity index (χ3v) is 3.43. The summed E-state index contributed by atoms with van der Waals surface area (Å²) >= 11 is 1.52. The first kappa shape index (κ1) is 14.9. The first-order valence-corrected chi connectivity index (χ1v) is 6.31. The van der Waals surface area contributed by atoms with E-state index in [1.54, 1.807) is 0 Å². The molecule has 7 heteroatoms. The van der Waals surface area contributed by atoms with E-state index in [0.717, 1.165) is 35.8 Å². The molecule has 0 fully saturated rings. The quantitative estimate of drug-likeness (QED) is 0.824. The van der Waals surface area contributed by atoms with E-state index < -0.39 is 0 Å². The number of aryl methyl sites for hydroxylation is 2. The number of rotatable bonds is 5. The first-order valence-electron chi connectivity index (χ1n) is 5.49. The smallest absolute Gasteiger partial charge is 0.180 e. The van der Waals surface area contributed by atoms with Crippen molar-refractivity contribution in [3.8, 4) is 0 Å². The highest BCUT2D eigenvalue weighted by Crippen LogP contribution is 2.14. The Morgan fingerprint density at radius 1 is 1.44 bits per heavy atom. The molecule has 0 bridgehead atoms. The lowest BCUT2D eigenvalue weighted by atomic mass is 10.1. The second kappa shape index (κ2) is 6.72. The van der Waals surface area contributed by atoms with Crippen LogP contribution in [0.2, 0.25) is 0 Å². The van der Waals surface area contributed by atoms with Gasteiger partial charge in [0.2, 0.25) is 0 Å². The summed E-state index contributed by atoms with van der Waals surface area (Å²) in [7, 11) is 0. The Balaban J connectivity index is 0.00000162. The molecule has 0 unspecified atom stereocenters. The molecule has 0 radical (unpaired) electrons. The van der Waals surface area contributed by atoms with Gasteiger partial charge in [0.15, 0.2) is 5.13 Å². The van der Waals surface area contributed by atoms with Gasteiger partial charge in [0.25, 0.3) is 0 Å². The maximum Gasteiger partial charge on any atom is 0.180 e. The van der Waals surface area contributed by atoms with E-state index in [9.17, 15) is 0 Å². The molecule has 0 amide bonds. The van der Waals surface area contributed by atoms with Gasteiger partial charge in [-0.05, 0) is 26.8 Å². The average molecular weight is 289 g/mol. The Labute approximate surface area is 116 Å². The molecule has 0 atom stereocenters. The van der Waals surface area contributed by atoms with Crippen molar-refractivity contribution in [2.75, 3.05) is 12.3 Å². The van der Waals surface area contributed by atoms with Crippen molar-refractivity contribution in [3.63, 3.8) is 0 Å². The highest BCUT2D eigenvalue weighted by molar-refractivity contribution is 7.15. The van der Waals surface area contributed by atoms with Gasteiger partial charge in [0.05, 0.1) is 5.69 Å². The zero-order valence-corrected chi connectivity index (χ0v) is 12.0. The number of hydrogen-bond donors (Lipinski definition) is 2. The number of nitrogen functional groups attached to an aromatic ring is 1. The van der Waals surface area contributed by atoms with Crippen LogP contribution in [-0.4, -0.2) is 16.7 Å². The van der Waals surface area contributed by atoms with Crippen LogP contribution in [0.3, 0.4) is 0 Å². The molecule has 100 valence electrons. The van der Waals surface area contributed by atoms with Gasteiger partial charge in [-0.2, -0.15) is 0 Å². The largest absolute Gasteiger partial charge is 0.375 e. The minimum atomic E-state index is 0. The van der Waals surface area contributed by atoms with Crippen molar-refractivity contribution in [3.05, 3.63) is 28.1 Å². The maximum atomic E-state index is 5.56. The zero-order valence-electron chi connectivity index (χ0n) is 10.4. The molecule has 0 aliphatic heterocycles. The summed E-state index contributed by atoms with van der Waals surface area (Å²) in [5.41, 5.74) is 7.73. The predicted octanol–water partition coefficient (Wildman–Crippen LogP) is 2.08. The number of halogens is 1. The fourth-order valence-corrected chi connectivity index (χ4v) is 2.34. The molecular weight excluding hydrogens is 272 g/mol. The van der Waals surface area contributed by atoms with E-state index in [-0.39, 0.29) is 12.4 Å². The topological polar surface area (TPSA) is 77.0 Å². The summed E-state index contributed by atoms with van der Waals surface area (Å²) in [5.74, 6) is 0.909. The summed E-state index contributed by atoms with van der Waals surface area (Å²) in [4.78, 5) is 5.16. The van der Waals surface area contributed by atoms with Crippen LogP contribution >= 0.6 is 23.7 Å². The second-order valence-electron chi connectivity index (χ2n) is 3.89. The predicted molar refractivity (Wildman–Crippen MR) is 75.2 cm³/mol. The number of thiazole rings is 1. The second-order valence-corrected chi connectivity index (χ2v) is 5.04. The Kier molecular flexibility index (Phi) is 5.58. The maximum absolute atomic E-state index is 5.56. The lowest BCUT2D eigenvalue weighted by molar-refractivity contribution is 0.392. The Hall–Kier alpha value is -1.11. The van der Waals surface area contributed by atoms with Gasteiger partial charge in [0.1, 0.15) is 5.76 Å². The van der Waals surface area contributed by atoms with Crippen molar-refractivity contribution < 1.29 is 4.52 Å². The summed E-state index contributed by atoms with van der Waals surface area (Å²) in [6, 6.07) is 0. The average Bonchev–Trinajstić information content (AvgIpc) is 2.83.